The van der Waals surface area contributed by atoms with Crippen LogP contribution < -0.4 is 20.5 Å². The highest BCUT2D eigenvalue weighted by Crippen LogP contribution is 2.21. The van der Waals surface area contributed by atoms with Gasteiger partial charge in [-0.15, -0.1) is 0 Å². The number of hydrogen-bond acceptors (Lipinski definition) is 7. The lowest BCUT2D eigenvalue weighted by Crippen LogP contribution is -2.34. The Hall–Kier alpha value is -2.97. The molecule has 1 aliphatic heterocycles. The van der Waals surface area contributed by atoms with Gasteiger partial charge in [0.05, 0.1) is 18.6 Å². The Labute approximate surface area is 176 Å². The van der Waals surface area contributed by atoms with Gasteiger partial charge in [-0.1, -0.05) is 13.8 Å². The second-order valence-corrected chi connectivity index (χ2v) is 7.79. The van der Waals surface area contributed by atoms with Crippen molar-refractivity contribution in [1.29, 1.82) is 0 Å². The van der Waals surface area contributed by atoms with Gasteiger partial charge < -0.3 is 15.0 Å². The molecule has 0 aliphatic carbocycles. The van der Waals surface area contributed by atoms with Crippen LogP contribution in [0.4, 0.5) is 5.82 Å². The number of carbonyl (C=O) groups is 1. The average Bonchev–Trinajstić information content (AvgIpc) is 2.73. The molecule has 3 heterocycles. The zero-order valence-electron chi connectivity index (χ0n) is 17.9. The third-order valence-corrected chi connectivity index (χ3v) is 4.96. The fraction of sp³-hybridized carbons (Fsp3) is 0.571. The molecule has 0 spiro atoms. The Kier molecular flexibility index (Phi) is 7.37. The largest absolute Gasteiger partial charge is 0.476 e. The van der Waals surface area contributed by atoms with Gasteiger partial charge in [0.25, 0.3) is 5.56 Å². The zero-order valence-corrected chi connectivity index (χ0v) is 17.9. The summed E-state index contributed by atoms with van der Waals surface area (Å²) in [5, 5.41) is 2.75. The van der Waals surface area contributed by atoms with Crippen LogP contribution in [0.25, 0.3) is 0 Å². The molecule has 0 radical (unpaired) electrons. The molecular weight excluding hydrogens is 384 g/mol. The monoisotopic (exact) mass is 414 g/mol. The minimum absolute atomic E-state index is 0.0735. The Morgan fingerprint density at radius 1 is 1.20 bits per heavy atom. The number of rotatable bonds is 8. The lowest BCUT2D eigenvalue weighted by molar-refractivity contribution is -0.121. The Morgan fingerprint density at radius 2 is 1.97 bits per heavy atom. The molecule has 0 bridgehead atoms. The maximum atomic E-state index is 12.1. The Balaban J connectivity index is 1.47. The molecule has 1 N–H and O–H groups in total. The average molecular weight is 415 g/mol. The van der Waals surface area contributed by atoms with E-state index in [1.165, 1.54) is 36.2 Å². The summed E-state index contributed by atoms with van der Waals surface area (Å²) in [6.07, 6.45) is 5.02. The highest BCUT2D eigenvalue weighted by atomic mass is 16.5. The molecule has 0 unspecified atom stereocenters. The summed E-state index contributed by atoms with van der Waals surface area (Å²) >= 11 is 0. The van der Waals surface area contributed by atoms with Crippen molar-refractivity contribution in [2.75, 3.05) is 31.1 Å². The van der Waals surface area contributed by atoms with Gasteiger partial charge >= 0.3 is 0 Å². The van der Waals surface area contributed by atoms with Crippen LogP contribution in [0.5, 0.6) is 5.88 Å². The summed E-state index contributed by atoms with van der Waals surface area (Å²) in [5.41, 5.74) is 0.482. The van der Waals surface area contributed by atoms with Crippen LogP contribution in [0.15, 0.2) is 23.3 Å². The molecule has 0 atom stereocenters. The molecule has 9 heteroatoms. The first kappa shape index (κ1) is 21.7. The van der Waals surface area contributed by atoms with E-state index in [1.54, 1.807) is 0 Å². The quantitative estimate of drug-likeness (QED) is 0.655. The Bertz CT molecular complexity index is 921. The molecule has 1 fully saturated rings. The van der Waals surface area contributed by atoms with E-state index in [1.807, 2.05) is 26.8 Å². The van der Waals surface area contributed by atoms with E-state index >= 15 is 0 Å². The summed E-state index contributed by atoms with van der Waals surface area (Å²) in [6, 6.07) is 3.32. The fourth-order valence-electron chi connectivity index (χ4n) is 3.32. The van der Waals surface area contributed by atoms with Crippen molar-refractivity contribution in [2.24, 2.45) is 0 Å². The smallest absolute Gasteiger partial charge is 0.254 e. The normalized spacial score (nSPS) is 14.1. The number of anilines is 1. The van der Waals surface area contributed by atoms with E-state index in [9.17, 15) is 9.59 Å². The van der Waals surface area contributed by atoms with Crippen molar-refractivity contribution in [1.82, 2.24) is 24.8 Å². The number of piperidine rings is 1. The second-order valence-electron chi connectivity index (χ2n) is 7.79. The van der Waals surface area contributed by atoms with Gasteiger partial charge in [-0.25, -0.2) is 9.97 Å². The third-order valence-electron chi connectivity index (χ3n) is 4.96. The first-order valence-corrected chi connectivity index (χ1v) is 10.5. The number of ether oxygens (including phenoxy) is 1. The minimum atomic E-state index is -0.271. The van der Waals surface area contributed by atoms with Crippen LogP contribution in [0, 0.1) is 6.92 Å². The number of hydrogen-bond donors (Lipinski definition) is 1. The number of nitrogens with zero attached hydrogens (tertiary/aromatic N) is 5. The van der Waals surface area contributed by atoms with Crippen LogP contribution in [0.1, 0.15) is 50.5 Å². The predicted molar refractivity (Wildman–Crippen MR) is 114 cm³/mol. The molecule has 1 saturated heterocycles. The van der Waals surface area contributed by atoms with Crippen molar-refractivity contribution < 1.29 is 9.53 Å². The van der Waals surface area contributed by atoms with Crippen LogP contribution >= 0.6 is 0 Å². The summed E-state index contributed by atoms with van der Waals surface area (Å²) in [6.45, 7) is 8.29. The molecule has 2 aromatic rings. The second kappa shape index (κ2) is 10.2. The van der Waals surface area contributed by atoms with Gasteiger partial charge in [0.2, 0.25) is 11.8 Å². The SMILES string of the molecule is Cc1nc(OCCNC(=O)Cn2cnc(C(C)C)cc2=O)cc(N2CCCCC2)n1. The lowest BCUT2D eigenvalue weighted by atomic mass is 10.1. The molecule has 9 nitrogen and oxygen atoms in total. The zero-order chi connectivity index (χ0) is 21.5. The molecule has 2 aromatic heterocycles. The van der Waals surface area contributed by atoms with Crippen LogP contribution in [-0.4, -0.2) is 51.7 Å². The van der Waals surface area contributed by atoms with E-state index < -0.39 is 0 Å². The maximum absolute atomic E-state index is 12.1. The van der Waals surface area contributed by atoms with Crippen molar-refractivity contribution in [3.8, 4) is 5.88 Å². The van der Waals surface area contributed by atoms with Gasteiger partial charge in [-0.3, -0.25) is 14.2 Å². The molecule has 1 aliphatic rings. The number of nitrogens with one attached hydrogen (secondary N) is 1. The summed E-state index contributed by atoms with van der Waals surface area (Å²) in [5.74, 6) is 1.95. The van der Waals surface area contributed by atoms with E-state index in [-0.39, 0.29) is 30.5 Å². The van der Waals surface area contributed by atoms with Crippen LogP contribution in [0.2, 0.25) is 0 Å². The summed E-state index contributed by atoms with van der Waals surface area (Å²) in [7, 11) is 0. The number of aromatic nitrogens is 4. The molecular formula is C21H30N6O3. The molecule has 0 aromatic carbocycles. The topological polar surface area (TPSA) is 102 Å². The Morgan fingerprint density at radius 3 is 2.67 bits per heavy atom. The fourth-order valence-corrected chi connectivity index (χ4v) is 3.32. The van der Waals surface area contributed by atoms with Crippen molar-refractivity contribution >= 4 is 11.7 Å². The van der Waals surface area contributed by atoms with Crippen molar-refractivity contribution in [3.05, 3.63) is 40.3 Å². The molecule has 1 amide bonds. The molecule has 30 heavy (non-hydrogen) atoms. The molecule has 3 rings (SSSR count). The number of carbonyl (C=O) groups excluding carboxylic acids is 1. The van der Waals surface area contributed by atoms with Crippen molar-refractivity contribution in [2.45, 2.75) is 52.5 Å². The minimum Gasteiger partial charge on any atom is -0.476 e. The van der Waals surface area contributed by atoms with Gasteiger partial charge in [-0.2, -0.15) is 4.98 Å². The first-order valence-electron chi connectivity index (χ1n) is 10.5. The third kappa shape index (κ3) is 6.01. The summed E-state index contributed by atoms with van der Waals surface area (Å²) < 4.78 is 7.00. The van der Waals surface area contributed by atoms with E-state index in [2.05, 4.69) is 25.2 Å². The van der Waals surface area contributed by atoms with Gasteiger partial charge in [0, 0.05) is 25.2 Å². The van der Waals surface area contributed by atoms with Crippen LogP contribution in [-0.2, 0) is 11.3 Å². The maximum Gasteiger partial charge on any atom is 0.254 e. The van der Waals surface area contributed by atoms with E-state index in [4.69, 9.17) is 4.74 Å². The standard InChI is InChI=1S/C21H30N6O3/c1-15(2)17-11-21(29)27(14-23-17)13-19(28)22-7-10-30-20-12-18(24-16(3)25-20)26-8-5-4-6-9-26/h11-12,14-15H,4-10,13H2,1-3H3,(H,22,28). The van der Waals surface area contributed by atoms with Gasteiger partial charge in [0.15, 0.2) is 0 Å². The number of amides is 1. The first-order chi connectivity index (χ1) is 14.4. The summed E-state index contributed by atoms with van der Waals surface area (Å²) in [4.78, 5) is 39.5. The highest BCUT2D eigenvalue weighted by molar-refractivity contribution is 5.75. The lowest BCUT2D eigenvalue weighted by Gasteiger charge is -2.28. The highest BCUT2D eigenvalue weighted by Gasteiger charge is 2.14. The predicted octanol–water partition coefficient (Wildman–Crippen LogP) is 1.65. The van der Waals surface area contributed by atoms with Crippen molar-refractivity contribution in [3.63, 3.8) is 0 Å². The van der Waals surface area contributed by atoms with Crippen LogP contribution in [0.3, 0.4) is 0 Å². The van der Waals surface area contributed by atoms with Gasteiger partial charge in [-0.05, 0) is 32.1 Å². The molecule has 0 saturated carbocycles. The van der Waals surface area contributed by atoms with E-state index in [0.717, 1.165) is 18.9 Å². The number of aryl methyl sites for hydroxylation is 1. The molecule has 162 valence electrons. The van der Waals surface area contributed by atoms with Gasteiger partial charge in [0.1, 0.15) is 24.8 Å². The van der Waals surface area contributed by atoms with E-state index in [0.29, 0.717) is 23.9 Å².